The highest BCUT2D eigenvalue weighted by Gasteiger charge is 2.34. The van der Waals surface area contributed by atoms with Crippen molar-refractivity contribution in [1.82, 2.24) is 29.4 Å². The maximum atomic E-state index is 15.1. The van der Waals surface area contributed by atoms with Crippen LogP contribution in [0.15, 0.2) is 52.5 Å². The standard InChI is InChI=1S/C32H34BrClFN7O2/c1-8-24(43)40-14-19(7)41(15-18(40)6)29-21-13-22(34)27(20-11-9-10-12-23(20)35)36-30(21)42(32(44)39-29)28-25(16(2)3)37-31(33)38-26(28)17(4)5/h8-13,16-19H,1,14-15H2,2-7H3. The lowest BCUT2D eigenvalue weighted by molar-refractivity contribution is -0.128. The van der Waals surface area contributed by atoms with E-state index in [4.69, 9.17) is 16.6 Å². The van der Waals surface area contributed by atoms with Crippen LogP contribution in [0.4, 0.5) is 10.2 Å². The summed E-state index contributed by atoms with van der Waals surface area (Å²) in [7, 11) is 0. The average molecular weight is 683 g/mol. The third kappa shape index (κ3) is 5.63. The van der Waals surface area contributed by atoms with E-state index >= 15 is 4.39 Å². The van der Waals surface area contributed by atoms with Crippen molar-refractivity contribution in [3.8, 4) is 16.9 Å². The van der Waals surface area contributed by atoms with E-state index in [9.17, 15) is 9.59 Å². The Hall–Kier alpha value is -3.70. The fourth-order valence-corrected chi connectivity index (χ4v) is 6.34. The van der Waals surface area contributed by atoms with Crippen LogP contribution < -0.4 is 10.6 Å². The highest BCUT2D eigenvalue weighted by molar-refractivity contribution is 9.10. The number of rotatable bonds is 6. The number of aromatic nitrogens is 5. The summed E-state index contributed by atoms with van der Waals surface area (Å²) in [4.78, 5) is 49.4. The SMILES string of the molecule is C=CC(=O)N1CC(C)N(c2nc(=O)n(-c3c(C(C)C)nc(Br)nc3C(C)C)c3nc(-c4ccccc4F)c(Cl)cc23)CC1C. The topological polar surface area (TPSA) is 97.1 Å². The summed E-state index contributed by atoms with van der Waals surface area (Å²) in [5.74, 6) is -0.436. The third-order valence-electron chi connectivity index (χ3n) is 7.87. The normalized spacial score (nSPS) is 17.2. The second kappa shape index (κ2) is 12.4. The van der Waals surface area contributed by atoms with Crippen LogP contribution in [0.2, 0.25) is 5.02 Å². The summed E-state index contributed by atoms with van der Waals surface area (Å²) in [5.41, 5.74) is 1.83. The molecule has 1 fully saturated rings. The molecule has 0 spiro atoms. The van der Waals surface area contributed by atoms with E-state index in [0.717, 1.165) is 0 Å². The average Bonchev–Trinajstić information content (AvgIpc) is 2.97. The molecule has 1 saturated heterocycles. The first-order valence-corrected chi connectivity index (χ1v) is 15.7. The molecule has 0 radical (unpaired) electrons. The van der Waals surface area contributed by atoms with E-state index in [-0.39, 0.29) is 51.8 Å². The van der Waals surface area contributed by atoms with Gasteiger partial charge in [-0.15, -0.1) is 0 Å². The molecule has 12 heteroatoms. The second-order valence-corrected chi connectivity index (χ2v) is 12.8. The van der Waals surface area contributed by atoms with E-state index in [1.165, 1.54) is 16.7 Å². The van der Waals surface area contributed by atoms with Gasteiger partial charge in [0.05, 0.1) is 33.2 Å². The first-order valence-electron chi connectivity index (χ1n) is 14.5. The summed E-state index contributed by atoms with van der Waals surface area (Å²) >= 11 is 10.3. The number of fused-ring (bicyclic) bond motifs is 1. The van der Waals surface area contributed by atoms with Gasteiger partial charge >= 0.3 is 5.69 Å². The number of nitrogens with zero attached hydrogens (tertiary/aromatic N) is 7. The van der Waals surface area contributed by atoms with E-state index in [1.54, 1.807) is 29.2 Å². The molecule has 0 bridgehead atoms. The molecule has 4 aromatic rings. The Morgan fingerprint density at radius 1 is 1.05 bits per heavy atom. The van der Waals surface area contributed by atoms with Crippen LogP contribution in [-0.4, -0.2) is 60.5 Å². The Morgan fingerprint density at radius 2 is 1.68 bits per heavy atom. The van der Waals surface area contributed by atoms with E-state index in [2.05, 4.69) is 37.5 Å². The molecule has 2 atom stereocenters. The largest absolute Gasteiger partial charge is 0.355 e. The minimum atomic E-state index is -0.582. The molecule has 0 aliphatic carbocycles. The molecular formula is C32H34BrClFN7O2. The number of halogens is 3. The minimum absolute atomic E-state index is 0.0851. The van der Waals surface area contributed by atoms with Crippen molar-refractivity contribution in [1.29, 1.82) is 0 Å². The van der Waals surface area contributed by atoms with Crippen LogP contribution in [-0.2, 0) is 4.79 Å². The summed E-state index contributed by atoms with van der Waals surface area (Å²) in [6, 6.07) is 7.54. The van der Waals surface area contributed by atoms with Crippen molar-refractivity contribution in [2.45, 2.75) is 65.5 Å². The lowest BCUT2D eigenvalue weighted by Crippen LogP contribution is -2.58. The fraction of sp³-hybridized carbons (Fsp3) is 0.375. The van der Waals surface area contributed by atoms with Crippen LogP contribution in [0.5, 0.6) is 0 Å². The predicted octanol–water partition coefficient (Wildman–Crippen LogP) is 6.65. The molecule has 1 amide bonds. The Morgan fingerprint density at radius 3 is 2.27 bits per heavy atom. The molecule has 44 heavy (non-hydrogen) atoms. The number of benzene rings is 1. The van der Waals surface area contributed by atoms with Gasteiger partial charge in [-0.25, -0.2) is 28.7 Å². The lowest BCUT2D eigenvalue weighted by atomic mass is 10.0. The maximum absolute atomic E-state index is 15.1. The quantitative estimate of drug-likeness (QED) is 0.166. The van der Waals surface area contributed by atoms with Crippen LogP contribution >= 0.6 is 27.5 Å². The first-order chi connectivity index (χ1) is 20.8. The summed E-state index contributed by atoms with van der Waals surface area (Å²) in [6.45, 7) is 16.3. The van der Waals surface area contributed by atoms with Crippen molar-refractivity contribution in [3.05, 3.63) is 80.4 Å². The van der Waals surface area contributed by atoms with E-state index < -0.39 is 11.5 Å². The molecule has 5 rings (SSSR count). The van der Waals surface area contributed by atoms with Crippen LogP contribution in [0.3, 0.4) is 0 Å². The van der Waals surface area contributed by atoms with Gasteiger partial charge in [0.2, 0.25) is 5.91 Å². The van der Waals surface area contributed by atoms with Gasteiger partial charge in [0.1, 0.15) is 11.6 Å². The summed E-state index contributed by atoms with van der Waals surface area (Å²) in [5, 5.41) is 0.710. The summed E-state index contributed by atoms with van der Waals surface area (Å²) in [6.07, 6.45) is 1.31. The monoisotopic (exact) mass is 681 g/mol. The molecule has 1 aromatic carbocycles. The molecule has 0 saturated carbocycles. The number of hydrogen-bond acceptors (Lipinski definition) is 7. The van der Waals surface area contributed by atoms with Gasteiger partial charge in [0, 0.05) is 30.7 Å². The molecule has 230 valence electrons. The third-order valence-corrected chi connectivity index (χ3v) is 8.52. The van der Waals surface area contributed by atoms with Gasteiger partial charge in [-0.1, -0.05) is 58.0 Å². The maximum Gasteiger partial charge on any atom is 0.355 e. The van der Waals surface area contributed by atoms with Crippen LogP contribution in [0.25, 0.3) is 28.0 Å². The number of pyridine rings is 1. The highest BCUT2D eigenvalue weighted by Crippen LogP contribution is 2.37. The number of carbonyl (C=O) groups is 1. The van der Waals surface area contributed by atoms with E-state index in [0.29, 0.717) is 46.1 Å². The molecule has 2 unspecified atom stereocenters. The van der Waals surface area contributed by atoms with Crippen molar-refractivity contribution in [3.63, 3.8) is 0 Å². The van der Waals surface area contributed by atoms with Crippen LogP contribution in [0.1, 0.15) is 64.8 Å². The molecule has 1 aliphatic rings. The molecule has 9 nitrogen and oxygen atoms in total. The van der Waals surface area contributed by atoms with Gasteiger partial charge in [0.25, 0.3) is 0 Å². The number of hydrogen-bond donors (Lipinski definition) is 0. The van der Waals surface area contributed by atoms with Gasteiger partial charge in [-0.3, -0.25) is 4.79 Å². The summed E-state index contributed by atoms with van der Waals surface area (Å²) < 4.78 is 16.9. The Bertz CT molecular complexity index is 1810. The zero-order chi connectivity index (χ0) is 32.0. The Kier molecular flexibility index (Phi) is 8.91. The molecule has 3 aromatic heterocycles. The van der Waals surface area contributed by atoms with Gasteiger partial charge in [-0.2, -0.15) is 4.98 Å². The smallest absolute Gasteiger partial charge is 0.349 e. The zero-order valence-electron chi connectivity index (χ0n) is 25.5. The number of piperazine rings is 1. The predicted molar refractivity (Wildman–Crippen MR) is 175 cm³/mol. The molecular weight excluding hydrogens is 649 g/mol. The zero-order valence-corrected chi connectivity index (χ0v) is 27.8. The Balaban J connectivity index is 1.87. The van der Waals surface area contributed by atoms with Crippen molar-refractivity contribution >= 4 is 50.3 Å². The minimum Gasteiger partial charge on any atom is -0.349 e. The van der Waals surface area contributed by atoms with Crippen LogP contribution in [0, 0.1) is 5.82 Å². The molecule has 0 N–H and O–H groups in total. The molecule has 4 heterocycles. The number of anilines is 1. The van der Waals surface area contributed by atoms with Crippen molar-refractivity contribution in [2.75, 3.05) is 18.0 Å². The van der Waals surface area contributed by atoms with Gasteiger partial charge in [0.15, 0.2) is 10.4 Å². The van der Waals surface area contributed by atoms with Crippen molar-refractivity contribution < 1.29 is 9.18 Å². The second-order valence-electron chi connectivity index (χ2n) is 11.7. The van der Waals surface area contributed by atoms with Gasteiger partial charge < -0.3 is 9.80 Å². The number of carbonyl (C=O) groups excluding carboxylic acids is 1. The Labute approximate surface area is 268 Å². The fourth-order valence-electron chi connectivity index (χ4n) is 5.71. The highest BCUT2D eigenvalue weighted by atomic mass is 79.9. The first kappa shape index (κ1) is 31.7. The number of amides is 1. The lowest BCUT2D eigenvalue weighted by Gasteiger charge is -2.44. The van der Waals surface area contributed by atoms with E-state index in [1.807, 2.05) is 46.4 Å². The van der Waals surface area contributed by atoms with Gasteiger partial charge in [-0.05, 0) is 65.9 Å². The molecule has 1 aliphatic heterocycles. The van der Waals surface area contributed by atoms with Crippen molar-refractivity contribution in [2.24, 2.45) is 0 Å².